The SMILES string of the molecule is CCNC(=O)c1noc(-c2cc(C(C)C)c(OCc3ccccc3)cc2OCc2ccccc2)c1-c1cnn(C)c1. The van der Waals surface area contributed by atoms with Crippen molar-refractivity contribution in [2.24, 2.45) is 7.05 Å². The molecule has 0 spiro atoms. The van der Waals surface area contributed by atoms with E-state index in [1.165, 1.54) is 0 Å². The van der Waals surface area contributed by atoms with Crippen LogP contribution in [0, 0.1) is 0 Å². The number of carbonyl (C=O) groups is 1. The monoisotopic (exact) mass is 550 g/mol. The molecule has 5 aromatic rings. The molecule has 0 aliphatic carbocycles. The summed E-state index contributed by atoms with van der Waals surface area (Å²) >= 11 is 0. The minimum absolute atomic E-state index is 0.135. The van der Waals surface area contributed by atoms with Crippen molar-refractivity contribution in [2.45, 2.75) is 39.9 Å². The Morgan fingerprint density at radius 3 is 2.15 bits per heavy atom. The molecule has 0 radical (unpaired) electrons. The molecule has 210 valence electrons. The standard InChI is InChI=1S/C33H34N4O4/c1-5-34-33(38)31-30(25-18-35-37(4)19-25)32(41-36-31)27-16-26(22(2)3)28(39-20-23-12-8-6-9-13-23)17-29(27)40-21-24-14-10-7-11-15-24/h6-19,22H,5,20-21H2,1-4H3,(H,34,38). The summed E-state index contributed by atoms with van der Waals surface area (Å²) in [6.07, 6.45) is 3.54. The number of rotatable bonds is 11. The van der Waals surface area contributed by atoms with Crippen LogP contribution in [0.4, 0.5) is 0 Å². The van der Waals surface area contributed by atoms with Crippen LogP contribution in [-0.2, 0) is 20.3 Å². The molecule has 0 unspecified atom stereocenters. The molecule has 0 aliphatic rings. The molecule has 0 saturated heterocycles. The van der Waals surface area contributed by atoms with Gasteiger partial charge in [-0.2, -0.15) is 5.10 Å². The fourth-order valence-corrected chi connectivity index (χ4v) is 4.61. The first kappa shape index (κ1) is 27.7. The molecule has 0 aliphatic heterocycles. The van der Waals surface area contributed by atoms with Crippen LogP contribution in [0.3, 0.4) is 0 Å². The number of nitrogens with one attached hydrogen (secondary N) is 1. The van der Waals surface area contributed by atoms with Gasteiger partial charge >= 0.3 is 0 Å². The highest BCUT2D eigenvalue weighted by atomic mass is 16.5. The van der Waals surface area contributed by atoms with E-state index >= 15 is 0 Å². The van der Waals surface area contributed by atoms with Crippen LogP contribution in [0.2, 0.25) is 0 Å². The number of ether oxygens (including phenoxy) is 2. The van der Waals surface area contributed by atoms with Gasteiger partial charge in [-0.3, -0.25) is 9.48 Å². The van der Waals surface area contributed by atoms with Crippen LogP contribution in [0.25, 0.3) is 22.5 Å². The lowest BCUT2D eigenvalue weighted by Gasteiger charge is -2.19. The second kappa shape index (κ2) is 12.6. The van der Waals surface area contributed by atoms with Crippen LogP contribution in [0.5, 0.6) is 11.5 Å². The summed E-state index contributed by atoms with van der Waals surface area (Å²) in [7, 11) is 1.83. The van der Waals surface area contributed by atoms with Gasteiger partial charge in [0.15, 0.2) is 11.5 Å². The number of hydrogen-bond acceptors (Lipinski definition) is 6. The highest BCUT2D eigenvalue weighted by Crippen LogP contribution is 2.44. The Morgan fingerprint density at radius 1 is 0.951 bits per heavy atom. The number of carbonyl (C=O) groups excluding carboxylic acids is 1. The molecule has 1 amide bonds. The van der Waals surface area contributed by atoms with Crippen LogP contribution in [0.15, 0.2) is 89.7 Å². The number of hydrogen-bond donors (Lipinski definition) is 1. The summed E-state index contributed by atoms with van der Waals surface area (Å²) in [4.78, 5) is 13.0. The number of nitrogens with zero attached hydrogens (tertiary/aromatic N) is 3. The minimum atomic E-state index is -0.319. The fourth-order valence-electron chi connectivity index (χ4n) is 4.61. The largest absolute Gasteiger partial charge is 0.488 e. The van der Waals surface area contributed by atoms with Gasteiger partial charge in [-0.15, -0.1) is 0 Å². The average Bonchev–Trinajstić information content (AvgIpc) is 3.62. The van der Waals surface area contributed by atoms with Gasteiger partial charge in [0.1, 0.15) is 24.7 Å². The Hall–Kier alpha value is -4.85. The van der Waals surface area contributed by atoms with Gasteiger partial charge in [-0.05, 0) is 35.6 Å². The number of aryl methyl sites for hydroxylation is 1. The van der Waals surface area contributed by atoms with E-state index in [1.807, 2.05) is 93.0 Å². The maximum absolute atomic E-state index is 13.0. The van der Waals surface area contributed by atoms with Gasteiger partial charge in [0, 0.05) is 31.4 Å². The summed E-state index contributed by atoms with van der Waals surface area (Å²) in [5.41, 5.74) is 5.22. The van der Waals surface area contributed by atoms with Crippen LogP contribution in [0.1, 0.15) is 53.9 Å². The summed E-state index contributed by atoms with van der Waals surface area (Å²) in [6.45, 7) is 7.31. The van der Waals surface area contributed by atoms with Crippen molar-refractivity contribution in [2.75, 3.05) is 6.54 Å². The first-order valence-electron chi connectivity index (χ1n) is 13.7. The number of amides is 1. The molecule has 0 bridgehead atoms. The lowest BCUT2D eigenvalue weighted by atomic mass is 9.95. The van der Waals surface area contributed by atoms with Crippen molar-refractivity contribution in [3.05, 3.63) is 108 Å². The van der Waals surface area contributed by atoms with Gasteiger partial charge in [-0.1, -0.05) is 79.7 Å². The molecule has 8 heteroatoms. The Kier molecular flexibility index (Phi) is 8.48. The van der Waals surface area contributed by atoms with Crippen molar-refractivity contribution >= 4 is 5.91 Å². The predicted octanol–water partition coefficient (Wildman–Crippen LogP) is 6.77. The van der Waals surface area contributed by atoms with E-state index in [0.717, 1.165) is 28.0 Å². The third-order valence-corrected chi connectivity index (χ3v) is 6.69. The molecular formula is C33H34N4O4. The fraction of sp³-hybridized carbons (Fsp3) is 0.242. The molecule has 3 aromatic carbocycles. The van der Waals surface area contributed by atoms with Crippen molar-refractivity contribution in [3.8, 4) is 33.9 Å². The summed E-state index contributed by atoms with van der Waals surface area (Å²) < 4.78 is 20.4. The second-order valence-electron chi connectivity index (χ2n) is 10.1. The van der Waals surface area contributed by atoms with Gasteiger partial charge in [0.25, 0.3) is 5.91 Å². The molecule has 2 heterocycles. The third-order valence-electron chi connectivity index (χ3n) is 6.69. The van der Waals surface area contributed by atoms with E-state index in [1.54, 1.807) is 10.9 Å². The Balaban J connectivity index is 1.64. The van der Waals surface area contributed by atoms with Crippen LogP contribution < -0.4 is 14.8 Å². The maximum Gasteiger partial charge on any atom is 0.274 e. The van der Waals surface area contributed by atoms with Gasteiger partial charge in [0.05, 0.1) is 17.3 Å². The topological polar surface area (TPSA) is 91.4 Å². The molecule has 0 saturated carbocycles. The highest BCUT2D eigenvalue weighted by molar-refractivity contribution is 6.02. The van der Waals surface area contributed by atoms with E-state index < -0.39 is 0 Å². The molecule has 5 rings (SSSR count). The normalized spacial score (nSPS) is 11.0. The Labute approximate surface area is 239 Å². The number of benzene rings is 3. The maximum atomic E-state index is 13.0. The molecular weight excluding hydrogens is 516 g/mol. The molecule has 41 heavy (non-hydrogen) atoms. The zero-order chi connectivity index (χ0) is 28.8. The first-order chi connectivity index (χ1) is 19.9. The summed E-state index contributed by atoms with van der Waals surface area (Å²) in [6, 6.07) is 23.9. The Morgan fingerprint density at radius 2 is 1.59 bits per heavy atom. The quantitative estimate of drug-likeness (QED) is 0.195. The van der Waals surface area contributed by atoms with Crippen molar-refractivity contribution in [3.63, 3.8) is 0 Å². The average molecular weight is 551 g/mol. The van der Waals surface area contributed by atoms with Gasteiger partial charge < -0.3 is 19.3 Å². The van der Waals surface area contributed by atoms with Crippen LogP contribution in [-0.4, -0.2) is 27.4 Å². The molecule has 1 N–H and O–H groups in total. The molecule has 0 fully saturated rings. The van der Waals surface area contributed by atoms with E-state index in [9.17, 15) is 4.79 Å². The zero-order valence-electron chi connectivity index (χ0n) is 23.8. The minimum Gasteiger partial charge on any atom is -0.488 e. The zero-order valence-corrected chi connectivity index (χ0v) is 23.8. The predicted molar refractivity (Wildman–Crippen MR) is 158 cm³/mol. The second-order valence-corrected chi connectivity index (χ2v) is 10.1. The number of aromatic nitrogens is 3. The lowest BCUT2D eigenvalue weighted by molar-refractivity contribution is 0.0947. The summed E-state index contributed by atoms with van der Waals surface area (Å²) in [5, 5.41) is 11.4. The van der Waals surface area contributed by atoms with E-state index in [0.29, 0.717) is 42.4 Å². The highest BCUT2D eigenvalue weighted by Gasteiger charge is 2.28. The van der Waals surface area contributed by atoms with Crippen molar-refractivity contribution < 1.29 is 18.8 Å². The lowest BCUT2D eigenvalue weighted by Crippen LogP contribution is -2.23. The molecule has 8 nitrogen and oxygen atoms in total. The molecule has 2 aromatic heterocycles. The third kappa shape index (κ3) is 6.32. The van der Waals surface area contributed by atoms with Crippen LogP contribution >= 0.6 is 0 Å². The smallest absolute Gasteiger partial charge is 0.274 e. The van der Waals surface area contributed by atoms with Gasteiger partial charge in [0.2, 0.25) is 0 Å². The van der Waals surface area contributed by atoms with Gasteiger partial charge in [-0.25, -0.2) is 0 Å². The Bertz CT molecular complexity index is 1610. The summed E-state index contributed by atoms with van der Waals surface area (Å²) in [5.74, 6) is 1.53. The van der Waals surface area contributed by atoms with Crippen molar-refractivity contribution in [1.82, 2.24) is 20.3 Å². The van der Waals surface area contributed by atoms with E-state index in [4.69, 9.17) is 14.0 Å². The first-order valence-corrected chi connectivity index (χ1v) is 13.7. The molecule has 0 atom stereocenters. The van der Waals surface area contributed by atoms with E-state index in [-0.39, 0.29) is 17.5 Å². The van der Waals surface area contributed by atoms with Crippen molar-refractivity contribution in [1.29, 1.82) is 0 Å². The van der Waals surface area contributed by atoms with E-state index in [2.05, 4.69) is 29.4 Å².